The number of aromatic hydroxyl groups is 1. The number of para-hydroxylation sites is 1. The summed E-state index contributed by atoms with van der Waals surface area (Å²) in [7, 11) is 0. The Hall–Kier alpha value is -3.08. The van der Waals surface area contributed by atoms with Gasteiger partial charge in [0.05, 0.1) is 5.39 Å². The smallest absolute Gasteiger partial charge is 0.204 e. The van der Waals surface area contributed by atoms with Crippen LogP contribution in [0.5, 0.6) is 5.75 Å². The molecule has 0 saturated heterocycles. The van der Waals surface area contributed by atoms with E-state index >= 15 is 0 Å². The number of hydrogen-bond acceptors (Lipinski definition) is 4. The van der Waals surface area contributed by atoms with Crippen LogP contribution in [-0.4, -0.2) is 5.11 Å². The fourth-order valence-corrected chi connectivity index (χ4v) is 2.68. The highest BCUT2D eigenvalue weighted by Crippen LogP contribution is 2.31. The molecule has 4 aromatic rings. The molecule has 4 nitrogen and oxygen atoms in total. The number of halogens is 1. The topological polar surface area (TPSA) is 63.6 Å². The standard InChI is InChI=1S/C18H11FO4/c19-9-16-17(15-7-10-3-1-2-4-13(10)22-15)18(21)12-6-5-11(20)8-14(12)23-16/h1-8,20H,9H2. The van der Waals surface area contributed by atoms with Crippen LogP contribution in [0.1, 0.15) is 5.76 Å². The minimum absolute atomic E-state index is 0.0538. The quantitative estimate of drug-likeness (QED) is 0.596. The largest absolute Gasteiger partial charge is 0.508 e. The van der Waals surface area contributed by atoms with E-state index < -0.39 is 12.1 Å². The lowest BCUT2D eigenvalue weighted by Crippen LogP contribution is -2.08. The molecule has 2 heterocycles. The van der Waals surface area contributed by atoms with Gasteiger partial charge in [-0.15, -0.1) is 0 Å². The first-order valence-electron chi connectivity index (χ1n) is 7.01. The Labute approximate surface area is 129 Å². The zero-order valence-corrected chi connectivity index (χ0v) is 11.9. The van der Waals surface area contributed by atoms with Crippen LogP contribution >= 0.6 is 0 Å². The fraction of sp³-hybridized carbons (Fsp3) is 0.0556. The third kappa shape index (κ3) is 2.09. The van der Waals surface area contributed by atoms with Crippen LogP contribution in [0.25, 0.3) is 33.3 Å². The van der Waals surface area contributed by atoms with E-state index in [0.29, 0.717) is 5.58 Å². The molecule has 0 unspecified atom stereocenters. The van der Waals surface area contributed by atoms with Crippen molar-refractivity contribution in [2.45, 2.75) is 6.67 Å². The van der Waals surface area contributed by atoms with E-state index in [-0.39, 0.29) is 33.8 Å². The summed E-state index contributed by atoms with van der Waals surface area (Å²) in [6.07, 6.45) is 0. The second-order valence-electron chi connectivity index (χ2n) is 5.19. The van der Waals surface area contributed by atoms with E-state index in [4.69, 9.17) is 8.83 Å². The van der Waals surface area contributed by atoms with Crippen molar-refractivity contribution in [2.75, 3.05) is 0 Å². The van der Waals surface area contributed by atoms with Crippen molar-refractivity contribution < 1.29 is 18.3 Å². The first-order chi connectivity index (χ1) is 11.2. The van der Waals surface area contributed by atoms with Crippen molar-refractivity contribution in [1.82, 2.24) is 0 Å². The number of alkyl halides is 1. The zero-order chi connectivity index (χ0) is 16.0. The summed E-state index contributed by atoms with van der Waals surface area (Å²) in [5.41, 5.74) is 0.430. The van der Waals surface area contributed by atoms with Crippen molar-refractivity contribution in [3.8, 4) is 17.1 Å². The second kappa shape index (κ2) is 4.98. The van der Waals surface area contributed by atoms with Gasteiger partial charge < -0.3 is 13.9 Å². The summed E-state index contributed by atoms with van der Waals surface area (Å²) in [5.74, 6) is 0.0941. The van der Waals surface area contributed by atoms with Gasteiger partial charge in [-0.25, -0.2) is 4.39 Å². The summed E-state index contributed by atoms with van der Waals surface area (Å²) in [6.45, 7) is -0.951. The maximum absolute atomic E-state index is 13.4. The molecule has 2 aromatic heterocycles. The van der Waals surface area contributed by atoms with Crippen LogP contribution in [0.3, 0.4) is 0 Å². The average Bonchev–Trinajstić information content (AvgIpc) is 2.97. The SMILES string of the molecule is O=c1c(-c2cc3ccccc3o2)c(CF)oc2cc(O)ccc12. The molecule has 0 saturated carbocycles. The third-order valence-electron chi connectivity index (χ3n) is 3.74. The molecule has 4 rings (SSSR count). The number of rotatable bonds is 2. The summed E-state index contributed by atoms with van der Waals surface area (Å²) in [6, 6.07) is 13.1. The Balaban J connectivity index is 2.07. The van der Waals surface area contributed by atoms with Crippen molar-refractivity contribution >= 4 is 21.9 Å². The van der Waals surface area contributed by atoms with E-state index in [2.05, 4.69) is 0 Å². The molecule has 0 bridgehead atoms. The number of phenols is 1. The number of hydrogen-bond donors (Lipinski definition) is 1. The first-order valence-corrected chi connectivity index (χ1v) is 7.01. The lowest BCUT2D eigenvalue weighted by molar-refractivity contribution is 0.400. The predicted octanol–water partition coefficient (Wildman–Crippen LogP) is 4.38. The fourth-order valence-electron chi connectivity index (χ4n) is 2.68. The molecular weight excluding hydrogens is 299 g/mol. The van der Waals surface area contributed by atoms with Gasteiger partial charge in [-0.2, -0.15) is 0 Å². The molecule has 0 radical (unpaired) electrons. The highest BCUT2D eigenvalue weighted by atomic mass is 19.1. The average molecular weight is 310 g/mol. The van der Waals surface area contributed by atoms with Crippen LogP contribution in [0.4, 0.5) is 4.39 Å². The Morgan fingerprint density at radius 2 is 1.83 bits per heavy atom. The maximum Gasteiger partial charge on any atom is 0.204 e. The second-order valence-corrected chi connectivity index (χ2v) is 5.19. The molecule has 2 aromatic carbocycles. The third-order valence-corrected chi connectivity index (χ3v) is 3.74. The van der Waals surface area contributed by atoms with E-state index in [1.54, 1.807) is 12.1 Å². The monoisotopic (exact) mass is 310 g/mol. The van der Waals surface area contributed by atoms with Gasteiger partial charge in [0.1, 0.15) is 34.9 Å². The van der Waals surface area contributed by atoms with Gasteiger partial charge in [-0.3, -0.25) is 4.79 Å². The molecular formula is C18H11FO4. The van der Waals surface area contributed by atoms with E-state index in [1.165, 1.54) is 18.2 Å². The molecule has 0 amide bonds. The predicted molar refractivity (Wildman–Crippen MR) is 84.2 cm³/mol. The van der Waals surface area contributed by atoms with Gasteiger partial charge in [0.25, 0.3) is 0 Å². The molecule has 114 valence electrons. The van der Waals surface area contributed by atoms with E-state index in [9.17, 15) is 14.3 Å². The normalized spacial score (nSPS) is 11.3. The Bertz CT molecular complexity index is 1060. The molecule has 5 heteroatoms. The summed E-state index contributed by atoms with van der Waals surface area (Å²) in [4.78, 5) is 12.7. The van der Waals surface area contributed by atoms with Crippen molar-refractivity contribution in [2.24, 2.45) is 0 Å². The van der Waals surface area contributed by atoms with Gasteiger partial charge >= 0.3 is 0 Å². The number of fused-ring (bicyclic) bond motifs is 2. The highest BCUT2D eigenvalue weighted by molar-refractivity contribution is 5.87. The molecule has 1 N–H and O–H groups in total. The highest BCUT2D eigenvalue weighted by Gasteiger charge is 2.19. The van der Waals surface area contributed by atoms with Crippen LogP contribution in [0, 0.1) is 0 Å². The molecule has 0 fully saturated rings. The lowest BCUT2D eigenvalue weighted by atomic mass is 10.1. The summed E-state index contributed by atoms with van der Waals surface area (Å²) < 4.78 is 24.5. The molecule has 0 aliphatic rings. The van der Waals surface area contributed by atoms with Gasteiger partial charge in [0.2, 0.25) is 5.43 Å². The van der Waals surface area contributed by atoms with Crippen LogP contribution in [-0.2, 0) is 6.67 Å². The first kappa shape index (κ1) is 13.6. The molecule has 0 aliphatic carbocycles. The molecule has 0 spiro atoms. The maximum atomic E-state index is 13.4. The van der Waals surface area contributed by atoms with Gasteiger partial charge in [0.15, 0.2) is 5.76 Å². The Kier molecular flexibility index (Phi) is 2.94. The molecule has 0 atom stereocenters. The van der Waals surface area contributed by atoms with Crippen molar-refractivity contribution in [3.05, 3.63) is 64.5 Å². The number of benzene rings is 2. The van der Waals surface area contributed by atoms with Gasteiger partial charge in [0, 0.05) is 11.5 Å². The van der Waals surface area contributed by atoms with Gasteiger partial charge in [-0.05, 0) is 24.3 Å². The van der Waals surface area contributed by atoms with Crippen LogP contribution < -0.4 is 5.43 Å². The van der Waals surface area contributed by atoms with E-state index in [1.807, 2.05) is 18.2 Å². The Morgan fingerprint density at radius 3 is 2.61 bits per heavy atom. The van der Waals surface area contributed by atoms with Crippen LogP contribution in [0.15, 0.2) is 62.2 Å². The molecule has 23 heavy (non-hydrogen) atoms. The van der Waals surface area contributed by atoms with E-state index in [0.717, 1.165) is 5.39 Å². The summed E-state index contributed by atoms with van der Waals surface area (Å²) in [5, 5.41) is 10.6. The van der Waals surface area contributed by atoms with Crippen molar-refractivity contribution in [3.63, 3.8) is 0 Å². The number of furan rings is 1. The minimum atomic E-state index is -0.951. The lowest BCUT2D eigenvalue weighted by Gasteiger charge is -2.05. The number of phenolic OH excluding ortho intramolecular Hbond substituents is 1. The van der Waals surface area contributed by atoms with Gasteiger partial charge in [-0.1, -0.05) is 18.2 Å². The van der Waals surface area contributed by atoms with Crippen LogP contribution in [0.2, 0.25) is 0 Å². The minimum Gasteiger partial charge on any atom is -0.508 e. The summed E-state index contributed by atoms with van der Waals surface area (Å²) >= 11 is 0. The molecule has 0 aliphatic heterocycles. The zero-order valence-electron chi connectivity index (χ0n) is 11.9. The Morgan fingerprint density at radius 1 is 1.00 bits per heavy atom. The van der Waals surface area contributed by atoms with Crippen molar-refractivity contribution in [1.29, 1.82) is 0 Å².